The standard InChI is InChI=1S/C14H29N3O/c1-4-13-10-16(3)6-5-7-17(13)8-9-18-14(2)11-15-12-14/h13,15H,4-12H2,1-3H3. The van der Waals surface area contributed by atoms with E-state index in [4.69, 9.17) is 4.74 Å². The molecule has 2 fully saturated rings. The van der Waals surface area contributed by atoms with Gasteiger partial charge in [-0.2, -0.15) is 0 Å². The minimum atomic E-state index is 0.102. The number of nitrogens with zero attached hydrogens (tertiary/aromatic N) is 2. The molecule has 2 saturated heterocycles. The molecule has 0 aromatic carbocycles. The molecule has 0 spiro atoms. The highest BCUT2D eigenvalue weighted by molar-refractivity contribution is 4.90. The van der Waals surface area contributed by atoms with Crippen LogP contribution in [0.3, 0.4) is 0 Å². The van der Waals surface area contributed by atoms with E-state index in [0.717, 1.165) is 26.2 Å². The number of likely N-dealkylation sites (N-methyl/N-ethyl adjacent to an activating group) is 1. The molecule has 0 aromatic heterocycles. The Morgan fingerprint density at radius 3 is 2.72 bits per heavy atom. The average molecular weight is 255 g/mol. The van der Waals surface area contributed by atoms with Crippen LogP contribution in [-0.4, -0.2) is 74.4 Å². The third-order valence-electron chi connectivity index (χ3n) is 4.32. The van der Waals surface area contributed by atoms with Crippen LogP contribution in [0.2, 0.25) is 0 Å². The molecule has 4 nitrogen and oxygen atoms in total. The van der Waals surface area contributed by atoms with Crippen molar-refractivity contribution in [3.63, 3.8) is 0 Å². The van der Waals surface area contributed by atoms with Crippen molar-refractivity contribution in [2.45, 2.75) is 38.3 Å². The van der Waals surface area contributed by atoms with Gasteiger partial charge in [-0.05, 0) is 39.9 Å². The van der Waals surface area contributed by atoms with Crippen LogP contribution in [0.4, 0.5) is 0 Å². The van der Waals surface area contributed by atoms with Crippen molar-refractivity contribution in [3.05, 3.63) is 0 Å². The third-order valence-corrected chi connectivity index (χ3v) is 4.32. The number of hydrogen-bond donors (Lipinski definition) is 1. The van der Waals surface area contributed by atoms with E-state index in [2.05, 4.69) is 36.0 Å². The van der Waals surface area contributed by atoms with E-state index in [1.54, 1.807) is 0 Å². The molecular weight excluding hydrogens is 226 g/mol. The molecule has 1 atom stereocenters. The summed E-state index contributed by atoms with van der Waals surface area (Å²) in [6.07, 6.45) is 2.52. The van der Waals surface area contributed by atoms with Gasteiger partial charge in [-0.1, -0.05) is 6.92 Å². The second-order valence-electron chi connectivity index (χ2n) is 6.12. The Hall–Kier alpha value is -0.160. The first-order chi connectivity index (χ1) is 8.63. The van der Waals surface area contributed by atoms with Gasteiger partial charge in [0.1, 0.15) is 0 Å². The van der Waals surface area contributed by atoms with Crippen LogP contribution < -0.4 is 5.32 Å². The second kappa shape index (κ2) is 6.33. The maximum atomic E-state index is 6.01. The molecular formula is C14H29N3O. The fourth-order valence-corrected chi connectivity index (χ4v) is 2.96. The molecule has 2 heterocycles. The Morgan fingerprint density at radius 2 is 2.11 bits per heavy atom. The smallest absolute Gasteiger partial charge is 0.0902 e. The minimum Gasteiger partial charge on any atom is -0.371 e. The summed E-state index contributed by atoms with van der Waals surface area (Å²) in [6, 6.07) is 0.702. The van der Waals surface area contributed by atoms with Gasteiger partial charge >= 0.3 is 0 Å². The van der Waals surface area contributed by atoms with Crippen LogP contribution in [0.15, 0.2) is 0 Å². The maximum Gasteiger partial charge on any atom is 0.0902 e. The first kappa shape index (κ1) is 14.3. The van der Waals surface area contributed by atoms with Crippen molar-refractivity contribution >= 4 is 0 Å². The molecule has 106 valence electrons. The Balaban J connectivity index is 1.75. The van der Waals surface area contributed by atoms with E-state index in [0.29, 0.717) is 6.04 Å². The molecule has 0 aliphatic carbocycles. The summed E-state index contributed by atoms with van der Waals surface area (Å²) in [5, 5.41) is 3.28. The molecule has 0 bridgehead atoms. The predicted octanol–water partition coefficient (Wildman–Crippen LogP) is 0.781. The number of nitrogens with one attached hydrogen (secondary N) is 1. The van der Waals surface area contributed by atoms with Crippen molar-refractivity contribution in [2.24, 2.45) is 0 Å². The molecule has 1 unspecified atom stereocenters. The Bertz CT molecular complexity index is 255. The second-order valence-corrected chi connectivity index (χ2v) is 6.12. The van der Waals surface area contributed by atoms with Crippen LogP contribution in [-0.2, 0) is 4.74 Å². The van der Waals surface area contributed by atoms with E-state index in [1.165, 1.54) is 32.5 Å². The van der Waals surface area contributed by atoms with Crippen molar-refractivity contribution in [2.75, 3.05) is 52.9 Å². The summed E-state index contributed by atoms with van der Waals surface area (Å²) in [5.41, 5.74) is 0.102. The SMILES string of the molecule is CCC1CN(C)CCCN1CCOC1(C)CNC1. The fourth-order valence-electron chi connectivity index (χ4n) is 2.96. The Morgan fingerprint density at radius 1 is 1.33 bits per heavy atom. The van der Waals surface area contributed by atoms with Gasteiger partial charge in [0.15, 0.2) is 0 Å². The topological polar surface area (TPSA) is 27.7 Å². The van der Waals surface area contributed by atoms with E-state index in [1.807, 2.05) is 0 Å². The van der Waals surface area contributed by atoms with Gasteiger partial charge in [0.05, 0.1) is 12.2 Å². The third kappa shape index (κ3) is 3.67. The zero-order valence-electron chi connectivity index (χ0n) is 12.2. The van der Waals surface area contributed by atoms with Crippen LogP contribution in [0.1, 0.15) is 26.7 Å². The summed E-state index contributed by atoms with van der Waals surface area (Å²) >= 11 is 0. The van der Waals surface area contributed by atoms with E-state index >= 15 is 0 Å². The zero-order valence-corrected chi connectivity index (χ0v) is 12.2. The predicted molar refractivity (Wildman–Crippen MR) is 75.0 cm³/mol. The van der Waals surface area contributed by atoms with Crippen LogP contribution in [0, 0.1) is 0 Å². The molecule has 2 aliphatic heterocycles. The molecule has 4 heteroatoms. The lowest BCUT2D eigenvalue weighted by Crippen LogP contribution is -2.59. The molecule has 18 heavy (non-hydrogen) atoms. The number of ether oxygens (including phenoxy) is 1. The average Bonchev–Trinajstić information content (AvgIpc) is 2.49. The van der Waals surface area contributed by atoms with Gasteiger partial charge in [-0.25, -0.2) is 0 Å². The highest BCUT2D eigenvalue weighted by atomic mass is 16.5. The van der Waals surface area contributed by atoms with E-state index in [9.17, 15) is 0 Å². The molecule has 2 rings (SSSR count). The van der Waals surface area contributed by atoms with Crippen LogP contribution >= 0.6 is 0 Å². The summed E-state index contributed by atoms with van der Waals surface area (Å²) in [5.74, 6) is 0. The maximum absolute atomic E-state index is 6.01. The van der Waals surface area contributed by atoms with Crippen LogP contribution in [0.25, 0.3) is 0 Å². The molecule has 1 N–H and O–H groups in total. The fraction of sp³-hybridized carbons (Fsp3) is 1.00. The normalized spacial score (nSPS) is 29.8. The quantitative estimate of drug-likeness (QED) is 0.786. The van der Waals surface area contributed by atoms with E-state index in [-0.39, 0.29) is 5.60 Å². The van der Waals surface area contributed by atoms with E-state index < -0.39 is 0 Å². The van der Waals surface area contributed by atoms with Gasteiger partial charge in [0, 0.05) is 32.2 Å². The largest absolute Gasteiger partial charge is 0.371 e. The van der Waals surface area contributed by atoms with Gasteiger partial charge in [-0.3, -0.25) is 4.90 Å². The van der Waals surface area contributed by atoms with Gasteiger partial charge in [-0.15, -0.1) is 0 Å². The summed E-state index contributed by atoms with van der Waals surface area (Å²) < 4.78 is 6.01. The Labute approximate surface area is 112 Å². The lowest BCUT2D eigenvalue weighted by molar-refractivity contribution is -0.0743. The van der Waals surface area contributed by atoms with Gasteiger partial charge in [0.2, 0.25) is 0 Å². The molecule has 0 saturated carbocycles. The summed E-state index contributed by atoms with van der Waals surface area (Å²) in [4.78, 5) is 5.09. The van der Waals surface area contributed by atoms with Crippen LogP contribution in [0.5, 0.6) is 0 Å². The summed E-state index contributed by atoms with van der Waals surface area (Å²) in [6.45, 7) is 12.1. The first-order valence-electron chi connectivity index (χ1n) is 7.40. The van der Waals surface area contributed by atoms with Gasteiger partial charge in [0.25, 0.3) is 0 Å². The monoisotopic (exact) mass is 255 g/mol. The summed E-state index contributed by atoms with van der Waals surface area (Å²) in [7, 11) is 2.24. The lowest BCUT2D eigenvalue weighted by Gasteiger charge is -2.40. The minimum absolute atomic E-state index is 0.102. The lowest BCUT2D eigenvalue weighted by atomic mass is 10.0. The van der Waals surface area contributed by atoms with Crippen molar-refractivity contribution in [1.29, 1.82) is 0 Å². The van der Waals surface area contributed by atoms with Gasteiger partial charge < -0.3 is 15.0 Å². The number of hydrogen-bond acceptors (Lipinski definition) is 4. The highest BCUT2D eigenvalue weighted by Gasteiger charge is 2.32. The zero-order chi connectivity index (χ0) is 13.0. The highest BCUT2D eigenvalue weighted by Crippen LogP contribution is 2.16. The molecule has 0 amide bonds. The van der Waals surface area contributed by atoms with Crippen molar-refractivity contribution < 1.29 is 4.74 Å². The Kier molecular flexibility index (Phi) is 5.01. The first-order valence-corrected chi connectivity index (χ1v) is 7.40. The molecule has 0 aromatic rings. The van der Waals surface area contributed by atoms with Crippen molar-refractivity contribution in [1.82, 2.24) is 15.1 Å². The van der Waals surface area contributed by atoms with Crippen molar-refractivity contribution in [3.8, 4) is 0 Å². The molecule has 0 radical (unpaired) electrons. The molecule has 2 aliphatic rings. The number of rotatable bonds is 5.